The molecule has 0 radical (unpaired) electrons. The number of hydrogen-bond acceptors (Lipinski definition) is 2. The van der Waals surface area contributed by atoms with E-state index in [1.807, 2.05) is 4.90 Å². The van der Waals surface area contributed by atoms with Gasteiger partial charge in [-0.1, -0.05) is 13.8 Å². The van der Waals surface area contributed by atoms with E-state index in [-0.39, 0.29) is 0 Å². The molecular weight excluding hydrogens is 176 g/mol. The monoisotopic (exact) mass is 198 g/mol. The summed E-state index contributed by atoms with van der Waals surface area (Å²) in [7, 11) is 0. The lowest BCUT2D eigenvalue weighted by atomic mass is 10.1. The Morgan fingerprint density at radius 1 is 1.43 bits per heavy atom. The molecule has 0 aromatic heterocycles. The molecule has 0 aromatic rings. The van der Waals surface area contributed by atoms with Crippen LogP contribution in [0.5, 0.6) is 0 Å². The fraction of sp³-hybridized carbons (Fsp3) is 0.909. The predicted molar refractivity (Wildman–Crippen MR) is 57.9 cm³/mol. The Kier molecular flexibility index (Phi) is 4.39. The Bertz CT molecular complexity index is 186. The first-order valence-electron chi connectivity index (χ1n) is 5.75. The van der Waals surface area contributed by atoms with Crippen LogP contribution in [0.1, 0.15) is 39.5 Å². The summed E-state index contributed by atoms with van der Waals surface area (Å²) < 4.78 is 0. The number of nitrogens with zero attached hydrogens (tertiary/aromatic N) is 1. The minimum atomic E-state index is 0.321. The molecule has 0 heterocycles. The largest absolute Gasteiger partial charge is 0.338 e. The highest BCUT2D eigenvalue weighted by atomic mass is 16.2. The van der Waals surface area contributed by atoms with Crippen LogP contribution in [0.3, 0.4) is 0 Å². The Hall–Kier alpha value is -0.570. The molecule has 1 rings (SSSR count). The second-order valence-corrected chi connectivity index (χ2v) is 4.06. The van der Waals surface area contributed by atoms with Crippen LogP contribution in [0.25, 0.3) is 0 Å². The van der Waals surface area contributed by atoms with Crippen molar-refractivity contribution >= 4 is 5.91 Å². The van der Waals surface area contributed by atoms with Crippen molar-refractivity contribution in [3.05, 3.63) is 0 Å². The first kappa shape index (κ1) is 11.5. The number of carbonyl (C=O) groups excluding carboxylic acids is 1. The second kappa shape index (κ2) is 5.35. The molecule has 82 valence electrons. The highest BCUT2D eigenvalue weighted by molar-refractivity contribution is 5.81. The van der Waals surface area contributed by atoms with Crippen LogP contribution in [0.2, 0.25) is 0 Å². The van der Waals surface area contributed by atoms with Crippen molar-refractivity contribution in [2.75, 3.05) is 13.1 Å². The number of amides is 1. The Morgan fingerprint density at radius 3 is 2.36 bits per heavy atom. The molecule has 0 aliphatic heterocycles. The highest BCUT2D eigenvalue weighted by Gasteiger charge is 2.34. The molecular formula is C11H22N2O. The summed E-state index contributed by atoms with van der Waals surface area (Å²) >= 11 is 0. The zero-order valence-electron chi connectivity index (χ0n) is 9.33. The predicted octanol–water partition coefficient (Wildman–Crippen LogP) is 1.37. The third-order valence-corrected chi connectivity index (χ3v) is 2.96. The first-order valence-corrected chi connectivity index (χ1v) is 5.75. The SMILES string of the molecule is CCC(CC)N(CCN)C(=O)C1CC1. The van der Waals surface area contributed by atoms with E-state index in [1.165, 1.54) is 0 Å². The number of hydrogen-bond donors (Lipinski definition) is 1. The van der Waals surface area contributed by atoms with Crippen molar-refractivity contribution in [3.8, 4) is 0 Å². The maximum atomic E-state index is 11.9. The van der Waals surface area contributed by atoms with E-state index in [2.05, 4.69) is 13.8 Å². The molecule has 1 fully saturated rings. The van der Waals surface area contributed by atoms with Crippen molar-refractivity contribution in [2.45, 2.75) is 45.6 Å². The van der Waals surface area contributed by atoms with E-state index in [9.17, 15) is 4.79 Å². The number of carbonyl (C=O) groups is 1. The normalized spacial score (nSPS) is 16.0. The zero-order valence-corrected chi connectivity index (χ0v) is 9.33. The minimum absolute atomic E-state index is 0.321. The summed E-state index contributed by atoms with van der Waals surface area (Å²) in [5.41, 5.74) is 5.54. The van der Waals surface area contributed by atoms with Gasteiger partial charge < -0.3 is 10.6 Å². The van der Waals surface area contributed by atoms with E-state index < -0.39 is 0 Å². The average molecular weight is 198 g/mol. The summed E-state index contributed by atoms with van der Waals surface area (Å²) in [5, 5.41) is 0. The Labute approximate surface area is 86.6 Å². The van der Waals surface area contributed by atoms with E-state index in [4.69, 9.17) is 5.73 Å². The third kappa shape index (κ3) is 2.71. The second-order valence-electron chi connectivity index (χ2n) is 4.06. The molecule has 0 unspecified atom stereocenters. The lowest BCUT2D eigenvalue weighted by Crippen LogP contribution is -2.43. The summed E-state index contributed by atoms with van der Waals surface area (Å²) in [6, 6.07) is 0.395. The van der Waals surface area contributed by atoms with Gasteiger partial charge in [0.2, 0.25) is 5.91 Å². The average Bonchev–Trinajstić information content (AvgIpc) is 3.00. The van der Waals surface area contributed by atoms with Gasteiger partial charge in [0.05, 0.1) is 0 Å². The third-order valence-electron chi connectivity index (χ3n) is 2.96. The molecule has 1 amide bonds. The number of nitrogens with two attached hydrogens (primary N) is 1. The Morgan fingerprint density at radius 2 is 2.00 bits per heavy atom. The molecule has 1 aliphatic carbocycles. The fourth-order valence-corrected chi connectivity index (χ4v) is 1.91. The molecule has 1 aliphatic rings. The summed E-state index contributed by atoms with van der Waals surface area (Å²) in [6.07, 6.45) is 4.24. The molecule has 0 atom stereocenters. The zero-order chi connectivity index (χ0) is 10.6. The quantitative estimate of drug-likeness (QED) is 0.700. The van der Waals surface area contributed by atoms with E-state index in [1.54, 1.807) is 0 Å². The van der Waals surface area contributed by atoms with Crippen LogP contribution in [0.15, 0.2) is 0 Å². The van der Waals surface area contributed by atoms with Gasteiger partial charge in [0.25, 0.3) is 0 Å². The van der Waals surface area contributed by atoms with Crippen LogP contribution < -0.4 is 5.73 Å². The summed E-state index contributed by atoms with van der Waals surface area (Å²) in [6.45, 7) is 5.58. The smallest absolute Gasteiger partial charge is 0.225 e. The Balaban J connectivity index is 2.55. The summed E-state index contributed by atoms with van der Waals surface area (Å²) in [5.74, 6) is 0.659. The van der Waals surface area contributed by atoms with Gasteiger partial charge in [-0.15, -0.1) is 0 Å². The van der Waals surface area contributed by atoms with Gasteiger partial charge in [0.1, 0.15) is 0 Å². The van der Waals surface area contributed by atoms with E-state index >= 15 is 0 Å². The van der Waals surface area contributed by atoms with Crippen LogP contribution in [-0.4, -0.2) is 29.9 Å². The van der Waals surface area contributed by atoms with Crippen LogP contribution in [0, 0.1) is 5.92 Å². The van der Waals surface area contributed by atoms with Gasteiger partial charge in [0, 0.05) is 25.0 Å². The van der Waals surface area contributed by atoms with Gasteiger partial charge in [-0.2, -0.15) is 0 Å². The van der Waals surface area contributed by atoms with Gasteiger partial charge in [-0.3, -0.25) is 4.79 Å². The molecule has 1 saturated carbocycles. The van der Waals surface area contributed by atoms with Crippen molar-refractivity contribution < 1.29 is 4.79 Å². The lowest BCUT2D eigenvalue weighted by Gasteiger charge is -2.30. The van der Waals surface area contributed by atoms with Crippen LogP contribution in [0.4, 0.5) is 0 Å². The first-order chi connectivity index (χ1) is 6.74. The lowest BCUT2D eigenvalue weighted by molar-refractivity contribution is -0.135. The molecule has 0 aromatic carbocycles. The molecule has 14 heavy (non-hydrogen) atoms. The standard InChI is InChI=1S/C11H22N2O/c1-3-10(4-2)13(8-7-12)11(14)9-5-6-9/h9-10H,3-8,12H2,1-2H3. The minimum Gasteiger partial charge on any atom is -0.338 e. The van der Waals surface area contributed by atoms with Gasteiger partial charge in [0.15, 0.2) is 0 Å². The fourth-order valence-electron chi connectivity index (χ4n) is 1.91. The van der Waals surface area contributed by atoms with Crippen LogP contribution in [-0.2, 0) is 4.79 Å². The molecule has 0 saturated heterocycles. The maximum absolute atomic E-state index is 11.9. The maximum Gasteiger partial charge on any atom is 0.225 e. The van der Waals surface area contributed by atoms with Gasteiger partial charge in [-0.05, 0) is 25.7 Å². The van der Waals surface area contributed by atoms with Crippen molar-refractivity contribution in [1.29, 1.82) is 0 Å². The molecule has 0 spiro atoms. The van der Waals surface area contributed by atoms with Crippen molar-refractivity contribution in [3.63, 3.8) is 0 Å². The summed E-state index contributed by atoms with van der Waals surface area (Å²) in [4.78, 5) is 13.9. The van der Waals surface area contributed by atoms with Crippen molar-refractivity contribution in [1.82, 2.24) is 4.90 Å². The van der Waals surface area contributed by atoms with Gasteiger partial charge >= 0.3 is 0 Å². The molecule has 3 nitrogen and oxygen atoms in total. The molecule has 0 bridgehead atoms. The van der Waals surface area contributed by atoms with Gasteiger partial charge in [-0.25, -0.2) is 0 Å². The molecule has 2 N–H and O–H groups in total. The van der Waals surface area contributed by atoms with Crippen LogP contribution >= 0.6 is 0 Å². The van der Waals surface area contributed by atoms with E-state index in [0.717, 1.165) is 32.2 Å². The van der Waals surface area contributed by atoms with Crippen molar-refractivity contribution in [2.24, 2.45) is 11.7 Å². The highest BCUT2D eigenvalue weighted by Crippen LogP contribution is 2.32. The number of rotatable bonds is 6. The molecule has 3 heteroatoms. The topological polar surface area (TPSA) is 46.3 Å². The van der Waals surface area contributed by atoms with E-state index in [0.29, 0.717) is 24.4 Å².